The molecule has 0 aromatic carbocycles. The van der Waals surface area contributed by atoms with Crippen LogP contribution in [0.3, 0.4) is 0 Å². The number of hydrogen-bond acceptors (Lipinski definition) is 8. The van der Waals surface area contributed by atoms with E-state index in [1.165, 1.54) is 16.0 Å². The predicted molar refractivity (Wildman–Crippen MR) is 108 cm³/mol. The Kier molecular flexibility index (Phi) is 4.53. The average molecular weight is 411 g/mol. The fourth-order valence-corrected chi connectivity index (χ4v) is 3.66. The van der Waals surface area contributed by atoms with Crippen molar-refractivity contribution in [1.82, 2.24) is 19.4 Å². The van der Waals surface area contributed by atoms with Gasteiger partial charge in [-0.1, -0.05) is 17.1 Å². The number of aryl methyl sites for hydroxylation is 1. The molecule has 140 valence electrons. The fourth-order valence-electron chi connectivity index (χ4n) is 2.43. The van der Waals surface area contributed by atoms with E-state index in [0.717, 1.165) is 16.4 Å². The van der Waals surface area contributed by atoms with Crippen LogP contribution >= 0.6 is 22.9 Å². The van der Waals surface area contributed by atoms with E-state index in [2.05, 4.69) is 36.6 Å². The lowest BCUT2D eigenvalue weighted by molar-refractivity contribution is -0.113. The number of hydrogen-bond donors (Lipinski definition) is 1. The average Bonchev–Trinajstić information content (AvgIpc) is 3.39. The van der Waals surface area contributed by atoms with Crippen LogP contribution in [0.25, 0.3) is 10.6 Å². The standard InChI is InChI=1S/C17H13N7O2S2/c1-8-9(2)18-17(20-15(8)25)24-13(7-11(22-24)12-5-4-6-27-12)19-16(26)14-10(3)21-23-28-14/h4-7H,1H2,2-3H3,(H,19,26). The number of thiophene rings is 1. The molecule has 1 N–H and O–H groups in total. The smallest absolute Gasteiger partial charge is 0.281 e. The highest BCUT2D eigenvalue weighted by Crippen LogP contribution is 2.27. The maximum absolute atomic E-state index is 12.6. The van der Waals surface area contributed by atoms with Gasteiger partial charge in [0.25, 0.3) is 17.8 Å². The molecule has 0 radical (unpaired) electrons. The molecule has 0 atom stereocenters. The summed E-state index contributed by atoms with van der Waals surface area (Å²) in [5, 5.41) is 13.1. The van der Waals surface area contributed by atoms with Crippen molar-refractivity contribution in [3.05, 3.63) is 46.3 Å². The second-order valence-corrected chi connectivity index (χ2v) is 7.54. The van der Waals surface area contributed by atoms with Gasteiger partial charge in [-0.15, -0.1) is 16.4 Å². The molecular weight excluding hydrogens is 398 g/mol. The molecule has 1 aliphatic heterocycles. The van der Waals surface area contributed by atoms with Gasteiger partial charge in [0.2, 0.25) is 0 Å². The summed E-state index contributed by atoms with van der Waals surface area (Å²) in [6.45, 7) is 7.04. The molecule has 0 aliphatic carbocycles. The third kappa shape index (κ3) is 3.21. The fraction of sp³-hybridized carbons (Fsp3) is 0.118. The summed E-state index contributed by atoms with van der Waals surface area (Å²) in [4.78, 5) is 34.3. The number of aromatic nitrogens is 4. The molecule has 0 bridgehead atoms. The van der Waals surface area contributed by atoms with Crippen molar-refractivity contribution < 1.29 is 9.59 Å². The molecule has 2 amide bonds. The molecule has 4 heterocycles. The van der Waals surface area contributed by atoms with Crippen molar-refractivity contribution in [1.29, 1.82) is 0 Å². The van der Waals surface area contributed by atoms with Crippen molar-refractivity contribution in [3.8, 4) is 10.6 Å². The van der Waals surface area contributed by atoms with Crippen molar-refractivity contribution in [2.24, 2.45) is 9.98 Å². The Morgan fingerprint density at radius 3 is 2.75 bits per heavy atom. The van der Waals surface area contributed by atoms with Crippen molar-refractivity contribution in [2.45, 2.75) is 13.8 Å². The molecular formula is C17H13N7O2S2. The van der Waals surface area contributed by atoms with Crippen molar-refractivity contribution >= 4 is 52.2 Å². The van der Waals surface area contributed by atoms with Crippen LogP contribution in [0.5, 0.6) is 0 Å². The first kappa shape index (κ1) is 18.1. The van der Waals surface area contributed by atoms with Gasteiger partial charge in [-0.3, -0.25) is 9.59 Å². The first-order valence-corrected chi connectivity index (χ1v) is 9.71. The number of nitrogens with zero attached hydrogens (tertiary/aromatic N) is 6. The summed E-state index contributed by atoms with van der Waals surface area (Å²) >= 11 is 2.50. The van der Waals surface area contributed by atoms with Crippen molar-refractivity contribution in [2.75, 3.05) is 5.32 Å². The second kappa shape index (κ2) is 7.02. The largest absolute Gasteiger partial charge is 0.306 e. The number of carbonyl (C=O) groups excluding carboxylic acids is 2. The van der Waals surface area contributed by atoms with E-state index in [1.54, 1.807) is 19.9 Å². The Morgan fingerprint density at radius 2 is 2.11 bits per heavy atom. The zero-order valence-corrected chi connectivity index (χ0v) is 16.5. The number of anilines is 1. The Morgan fingerprint density at radius 1 is 1.29 bits per heavy atom. The van der Waals surface area contributed by atoms with E-state index in [4.69, 9.17) is 0 Å². The SMILES string of the molecule is C=C1C(=O)N=C(n2nc(-c3cccs3)cc2NC(=O)c2snnc2C)N=C1C. The van der Waals surface area contributed by atoms with Gasteiger partial charge in [-0.2, -0.15) is 14.8 Å². The van der Waals surface area contributed by atoms with Crippen molar-refractivity contribution in [3.63, 3.8) is 0 Å². The first-order valence-electron chi connectivity index (χ1n) is 8.06. The van der Waals surface area contributed by atoms with E-state index in [1.807, 2.05) is 17.5 Å². The number of amides is 2. The Hall–Kier alpha value is -3.31. The van der Waals surface area contributed by atoms with Gasteiger partial charge in [0, 0.05) is 6.07 Å². The summed E-state index contributed by atoms with van der Waals surface area (Å²) in [6.07, 6.45) is 0. The van der Waals surface area contributed by atoms with Crippen LogP contribution in [0.15, 0.2) is 45.7 Å². The molecule has 0 saturated carbocycles. The highest BCUT2D eigenvalue weighted by atomic mass is 32.1. The highest BCUT2D eigenvalue weighted by molar-refractivity contribution is 7.13. The van der Waals surface area contributed by atoms with E-state index in [0.29, 0.717) is 27.8 Å². The molecule has 28 heavy (non-hydrogen) atoms. The normalized spacial score (nSPS) is 14.1. The van der Waals surface area contributed by atoms with Gasteiger partial charge in [0.15, 0.2) is 0 Å². The molecule has 1 aliphatic rings. The van der Waals surface area contributed by atoms with Crippen LogP contribution < -0.4 is 5.32 Å². The van der Waals surface area contributed by atoms with Crippen LogP contribution in [0.1, 0.15) is 22.3 Å². The molecule has 3 aromatic heterocycles. The van der Waals surface area contributed by atoms with Gasteiger partial charge in [0.05, 0.1) is 21.9 Å². The van der Waals surface area contributed by atoms with E-state index in [9.17, 15) is 9.59 Å². The number of rotatable bonds is 3. The van der Waals surface area contributed by atoms with Crippen LogP contribution in [0.2, 0.25) is 0 Å². The Balaban J connectivity index is 1.78. The summed E-state index contributed by atoms with van der Waals surface area (Å²) in [6, 6.07) is 5.51. The van der Waals surface area contributed by atoms with Gasteiger partial charge in [-0.05, 0) is 36.8 Å². The number of nitrogens with one attached hydrogen (secondary N) is 1. The third-order valence-electron chi connectivity index (χ3n) is 3.94. The molecule has 0 saturated heterocycles. The van der Waals surface area contributed by atoms with Gasteiger partial charge >= 0.3 is 0 Å². The van der Waals surface area contributed by atoms with Crippen LogP contribution in [-0.2, 0) is 4.79 Å². The lowest BCUT2D eigenvalue weighted by atomic mass is 10.2. The van der Waals surface area contributed by atoms with Gasteiger partial charge in [0.1, 0.15) is 16.4 Å². The molecule has 0 fully saturated rings. The van der Waals surface area contributed by atoms with E-state index in [-0.39, 0.29) is 17.4 Å². The number of aliphatic imine (C=N–C) groups is 2. The zero-order valence-electron chi connectivity index (χ0n) is 14.8. The maximum Gasteiger partial charge on any atom is 0.281 e. The molecule has 9 nitrogen and oxygen atoms in total. The quantitative estimate of drug-likeness (QED) is 0.666. The summed E-state index contributed by atoms with van der Waals surface area (Å²) in [7, 11) is 0. The maximum atomic E-state index is 12.6. The first-order chi connectivity index (χ1) is 13.4. The minimum atomic E-state index is -0.490. The number of carbonyl (C=O) groups is 2. The Labute approximate surface area is 167 Å². The summed E-state index contributed by atoms with van der Waals surface area (Å²) in [5.74, 6) is -0.473. The minimum absolute atomic E-state index is 0.0622. The molecule has 4 rings (SSSR count). The van der Waals surface area contributed by atoms with E-state index >= 15 is 0 Å². The topological polar surface area (TPSA) is 114 Å². The zero-order chi connectivity index (χ0) is 19.8. The van der Waals surface area contributed by atoms with Crippen LogP contribution in [-0.4, -0.2) is 42.9 Å². The minimum Gasteiger partial charge on any atom is -0.306 e. The summed E-state index contributed by atoms with van der Waals surface area (Å²) in [5.41, 5.74) is 1.83. The second-order valence-electron chi connectivity index (χ2n) is 5.84. The van der Waals surface area contributed by atoms with E-state index < -0.39 is 5.91 Å². The highest BCUT2D eigenvalue weighted by Gasteiger charge is 2.23. The van der Waals surface area contributed by atoms with Crippen LogP contribution in [0, 0.1) is 6.92 Å². The molecule has 0 spiro atoms. The lowest BCUT2D eigenvalue weighted by Crippen LogP contribution is -2.25. The predicted octanol–water partition coefficient (Wildman–Crippen LogP) is 2.79. The monoisotopic (exact) mass is 411 g/mol. The Bertz CT molecular complexity index is 1170. The molecule has 11 heteroatoms. The molecule has 3 aromatic rings. The van der Waals surface area contributed by atoms with Crippen LogP contribution in [0.4, 0.5) is 5.82 Å². The van der Waals surface area contributed by atoms with Gasteiger partial charge in [-0.25, -0.2) is 4.99 Å². The lowest BCUT2D eigenvalue weighted by Gasteiger charge is -2.12. The summed E-state index contributed by atoms with van der Waals surface area (Å²) < 4.78 is 5.12. The molecule has 0 unspecified atom stereocenters. The third-order valence-corrected chi connectivity index (χ3v) is 5.65. The van der Waals surface area contributed by atoms with Gasteiger partial charge < -0.3 is 5.32 Å².